The zero-order valence-corrected chi connectivity index (χ0v) is 11.3. The molecule has 1 aromatic heterocycles. The lowest BCUT2D eigenvalue weighted by Gasteiger charge is -2.10. The number of oxime groups is 1. The Labute approximate surface area is 123 Å². The zero-order valence-electron chi connectivity index (χ0n) is 10.5. The van der Waals surface area contributed by atoms with E-state index in [2.05, 4.69) is 20.7 Å². The second-order valence-electron chi connectivity index (χ2n) is 3.94. The van der Waals surface area contributed by atoms with Crippen molar-refractivity contribution in [3.05, 3.63) is 57.0 Å². The molecule has 0 fully saturated rings. The van der Waals surface area contributed by atoms with Crippen molar-refractivity contribution >= 4 is 29.0 Å². The van der Waals surface area contributed by atoms with Gasteiger partial charge in [-0.2, -0.15) is 5.10 Å². The van der Waals surface area contributed by atoms with E-state index in [0.29, 0.717) is 10.6 Å². The molecular weight excluding hydrogens is 298 g/mol. The maximum Gasteiger partial charge on any atom is 0.276 e. The zero-order chi connectivity index (χ0) is 15.4. The van der Waals surface area contributed by atoms with Gasteiger partial charge in [-0.1, -0.05) is 16.8 Å². The lowest BCUT2D eigenvalue weighted by molar-refractivity contribution is 0.102. The fourth-order valence-corrected chi connectivity index (χ4v) is 1.73. The monoisotopic (exact) mass is 307 g/mol. The highest BCUT2D eigenvalue weighted by molar-refractivity contribution is 6.31. The smallest absolute Gasteiger partial charge is 0.276 e. The number of halogens is 1. The van der Waals surface area contributed by atoms with Crippen LogP contribution in [0.15, 0.2) is 40.3 Å². The predicted molar refractivity (Wildman–Crippen MR) is 76.8 cm³/mol. The summed E-state index contributed by atoms with van der Waals surface area (Å²) < 4.78 is 0. The van der Waals surface area contributed by atoms with Gasteiger partial charge >= 0.3 is 0 Å². The van der Waals surface area contributed by atoms with Crippen molar-refractivity contribution in [2.45, 2.75) is 0 Å². The van der Waals surface area contributed by atoms with Crippen LogP contribution in [-0.2, 0) is 0 Å². The fraction of sp³-hybridized carbons (Fsp3) is 0. The minimum absolute atomic E-state index is 0.0000317. The van der Waals surface area contributed by atoms with E-state index in [1.807, 2.05) is 0 Å². The van der Waals surface area contributed by atoms with Crippen molar-refractivity contribution in [3.8, 4) is 0 Å². The Balaban J connectivity index is 2.34. The summed E-state index contributed by atoms with van der Waals surface area (Å²) in [6.45, 7) is 0. The average molecular weight is 308 g/mol. The van der Waals surface area contributed by atoms with Gasteiger partial charge < -0.3 is 16.3 Å². The number of aromatic nitrogens is 2. The molecule has 108 valence electrons. The summed E-state index contributed by atoms with van der Waals surface area (Å²) in [5, 5.41) is 20.2. The molecule has 0 aliphatic carbocycles. The topological polar surface area (TPSA) is 133 Å². The number of aromatic amines is 1. The van der Waals surface area contributed by atoms with Crippen molar-refractivity contribution in [2.24, 2.45) is 10.9 Å². The molecule has 9 heteroatoms. The Morgan fingerprint density at radius 3 is 2.76 bits per heavy atom. The largest absolute Gasteiger partial charge is 0.409 e. The predicted octanol–water partition coefficient (Wildman–Crippen LogP) is 0.770. The third kappa shape index (κ3) is 3.37. The standard InChI is InChI=1S/C12H10ClN5O3/c13-6-1-2-7(11(14)18-21)9(5-6)15-12(20)8-3-4-10(19)17-16-8/h1-5,21H,(H2,14,18)(H,15,20)(H,17,19). The van der Waals surface area contributed by atoms with Gasteiger partial charge in [0.2, 0.25) is 0 Å². The fourth-order valence-electron chi connectivity index (χ4n) is 1.55. The molecule has 1 aromatic carbocycles. The van der Waals surface area contributed by atoms with Crippen LogP contribution < -0.4 is 16.6 Å². The van der Waals surface area contributed by atoms with E-state index in [1.54, 1.807) is 0 Å². The molecule has 21 heavy (non-hydrogen) atoms. The second kappa shape index (κ2) is 6.06. The van der Waals surface area contributed by atoms with E-state index in [1.165, 1.54) is 30.3 Å². The van der Waals surface area contributed by atoms with Crippen molar-refractivity contribution in [1.29, 1.82) is 0 Å². The number of carbonyl (C=O) groups is 1. The Morgan fingerprint density at radius 2 is 2.14 bits per heavy atom. The average Bonchev–Trinajstić information content (AvgIpc) is 2.47. The van der Waals surface area contributed by atoms with Crippen LogP contribution in [0, 0.1) is 0 Å². The lowest BCUT2D eigenvalue weighted by Crippen LogP contribution is -2.21. The van der Waals surface area contributed by atoms with E-state index < -0.39 is 11.5 Å². The highest BCUT2D eigenvalue weighted by Crippen LogP contribution is 2.21. The number of benzene rings is 1. The van der Waals surface area contributed by atoms with E-state index in [0.717, 1.165) is 0 Å². The number of hydrogen-bond acceptors (Lipinski definition) is 5. The highest BCUT2D eigenvalue weighted by Gasteiger charge is 2.13. The summed E-state index contributed by atoms with van der Waals surface area (Å²) >= 11 is 5.86. The van der Waals surface area contributed by atoms with Gasteiger partial charge in [-0.3, -0.25) is 9.59 Å². The van der Waals surface area contributed by atoms with Gasteiger partial charge in [0.1, 0.15) is 5.69 Å². The molecular formula is C12H10ClN5O3. The van der Waals surface area contributed by atoms with Crippen molar-refractivity contribution in [1.82, 2.24) is 10.2 Å². The molecule has 5 N–H and O–H groups in total. The molecule has 0 spiro atoms. The minimum atomic E-state index is -0.583. The summed E-state index contributed by atoms with van der Waals surface area (Å²) in [7, 11) is 0. The van der Waals surface area contributed by atoms with Gasteiger partial charge in [0.25, 0.3) is 11.5 Å². The minimum Gasteiger partial charge on any atom is -0.409 e. The summed E-state index contributed by atoms with van der Waals surface area (Å²) in [5.41, 5.74) is 5.64. The first kappa shape index (κ1) is 14.5. The number of nitrogens with one attached hydrogen (secondary N) is 2. The SMILES string of the molecule is N/C(=N/O)c1ccc(Cl)cc1NC(=O)c1ccc(=O)[nH]n1. The maximum absolute atomic E-state index is 12.0. The molecule has 0 aliphatic rings. The quantitative estimate of drug-likeness (QED) is 0.287. The summed E-state index contributed by atoms with van der Waals surface area (Å²) in [5.74, 6) is -0.767. The van der Waals surface area contributed by atoms with Crippen molar-refractivity contribution < 1.29 is 10.0 Å². The number of H-pyrrole nitrogens is 1. The van der Waals surface area contributed by atoms with Gasteiger partial charge in [0.15, 0.2) is 5.84 Å². The molecule has 0 atom stereocenters. The van der Waals surface area contributed by atoms with Gasteiger partial charge in [0, 0.05) is 16.7 Å². The van der Waals surface area contributed by atoms with Crippen molar-refractivity contribution in [3.63, 3.8) is 0 Å². The Morgan fingerprint density at radius 1 is 1.38 bits per heavy atom. The molecule has 0 unspecified atom stereocenters. The first-order valence-corrected chi connectivity index (χ1v) is 6.03. The molecule has 1 amide bonds. The van der Waals surface area contributed by atoms with Crippen LogP contribution in [0.5, 0.6) is 0 Å². The number of nitrogens with zero attached hydrogens (tertiary/aromatic N) is 2. The molecule has 8 nitrogen and oxygen atoms in total. The van der Waals surface area contributed by atoms with E-state index >= 15 is 0 Å². The lowest BCUT2D eigenvalue weighted by atomic mass is 10.1. The number of rotatable bonds is 3. The van der Waals surface area contributed by atoms with Crippen LogP contribution in [0.25, 0.3) is 0 Å². The summed E-state index contributed by atoms with van der Waals surface area (Å²) in [6.07, 6.45) is 0. The number of anilines is 1. The number of hydrogen-bond donors (Lipinski definition) is 4. The molecule has 2 aromatic rings. The normalized spacial score (nSPS) is 11.2. The van der Waals surface area contributed by atoms with Crippen LogP contribution >= 0.6 is 11.6 Å². The number of carbonyl (C=O) groups excluding carboxylic acids is 1. The Kier molecular flexibility index (Phi) is 4.19. The van der Waals surface area contributed by atoms with Gasteiger partial charge in [-0.05, 0) is 24.3 Å². The highest BCUT2D eigenvalue weighted by atomic mass is 35.5. The Bertz CT molecular complexity index is 751. The molecule has 0 radical (unpaired) electrons. The van der Waals surface area contributed by atoms with Crippen LogP contribution in [0.3, 0.4) is 0 Å². The molecule has 1 heterocycles. The molecule has 0 saturated heterocycles. The van der Waals surface area contributed by atoms with Crippen LogP contribution in [0.2, 0.25) is 5.02 Å². The number of amidine groups is 1. The molecule has 2 rings (SSSR count). The first-order chi connectivity index (χ1) is 10.0. The van der Waals surface area contributed by atoms with E-state index in [-0.39, 0.29) is 17.2 Å². The van der Waals surface area contributed by atoms with E-state index in [4.69, 9.17) is 22.5 Å². The third-order valence-corrected chi connectivity index (χ3v) is 2.76. The van der Waals surface area contributed by atoms with Gasteiger partial charge in [-0.25, -0.2) is 5.10 Å². The van der Waals surface area contributed by atoms with Crippen LogP contribution in [-0.4, -0.2) is 27.1 Å². The number of nitrogens with two attached hydrogens (primary N) is 1. The third-order valence-electron chi connectivity index (χ3n) is 2.53. The molecule has 0 aliphatic heterocycles. The van der Waals surface area contributed by atoms with Gasteiger partial charge in [0.05, 0.1) is 5.69 Å². The van der Waals surface area contributed by atoms with Gasteiger partial charge in [-0.15, -0.1) is 0 Å². The first-order valence-electron chi connectivity index (χ1n) is 5.66. The maximum atomic E-state index is 12.0. The molecule has 0 saturated carbocycles. The van der Waals surface area contributed by atoms with Crippen LogP contribution in [0.1, 0.15) is 16.1 Å². The second-order valence-corrected chi connectivity index (χ2v) is 4.37. The number of amides is 1. The summed E-state index contributed by atoms with van der Waals surface area (Å²) in [4.78, 5) is 22.9. The van der Waals surface area contributed by atoms with Crippen molar-refractivity contribution in [2.75, 3.05) is 5.32 Å². The molecule has 0 bridgehead atoms. The van der Waals surface area contributed by atoms with Crippen LogP contribution in [0.4, 0.5) is 5.69 Å². The Hall–Kier alpha value is -2.87. The summed E-state index contributed by atoms with van der Waals surface area (Å²) in [6, 6.07) is 6.90. The van der Waals surface area contributed by atoms with E-state index in [9.17, 15) is 9.59 Å².